The number of carbonyl (C=O) groups is 4. The van der Waals surface area contributed by atoms with Gasteiger partial charge in [-0.25, -0.2) is 4.79 Å². The van der Waals surface area contributed by atoms with Crippen molar-refractivity contribution in [2.24, 2.45) is 5.92 Å². The number of esters is 2. The number of carboxylic acids is 1. The van der Waals surface area contributed by atoms with Crippen molar-refractivity contribution in [3.05, 3.63) is 29.8 Å². The SMILES string of the molecule is CCOC(=O)[C@@H](C)C[C@@H](NC(=O)c1ccc(OC(C)=O)cc1)C(=O)O. The number of benzene rings is 1. The number of aliphatic carboxylic acids is 1. The van der Waals surface area contributed by atoms with E-state index in [4.69, 9.17) is 9.47 Å². The first-order chi connectivity index (χ1) is 11.7. The molecule has 8 heteroatoms. The van der Waals surface area contributed by atoms with Crippen LogP contribution in [0.1, 0.15) is 37.6 Å². The lowest BCUT2D eigenvalue weighted by Crippen LogP contribution is -2.42. The van der Waals surface area contributed by atoms with Crippen LogP contribution in [0.25, 0.3) is 0 Å². The van der Waals surface area contributed by atoms with Crippen molar-refractivity contribution in [3.63, 3.8) is 0 Å². The second-order valence-corrected chi connectivity index (χ2v) is 5.37. The standard InChI is InChI=1S/C17H21NO7/c1-4-24-17(23)10(2)9-14(16(21)22)18-15(20)12-5-7-13(8-6-12)25-11(3)19/h5-8,10,14H,4,9H2,1-3H3,(H,18,20)(H,21,22)/t10-,14+/m0/s1. The van der Waals surface area contributed by atoms with Crippen LogP contribution >= 0.6 is 0 Å². The molecule has 0 radical (unpaired) electrons. The molecular weight excluding hydrogens is 330 g/mol. The average Bonchev–Trinajstić information content (AvgIpc) is 2.54. The summed E-state index contributed by atoms with van der Waals surface area (Å²) < 4.78 is 9.69. The van der Waals surface area contributed by atoms with Crippen LogP contribution in [-0.2, 0) is 19.1 Å². The first-order valence-electron chi connectivity index (χ1n) is 7.73. The van der Waals surface area contributed by atoms with Crippen LogP contribution in [0.4, 0.5) is 0 Å². The first-order valence-corrected chi connectivity index (χ1v) is 7.73. The summed E-state index contributed by atoms with van der Waals surface area (Å²) in [5.41, 5.74) is 0.200. The van der Waals surface area contributed by atoms with Crippen LogP contribution in [0, 0.1) is 5.92 Å². The first kappa shape index (κ1) is 20.1. The summed E-state index contributed by atoms with van der Waals surface area (Å²) in [6.45, 7) is 4.64. The number of rotatable bonds is 8. The molecule has 0 saturated carbocycles. The zero-order valence-electron chi connectivity index (χ0n) is 14.3. The molecule has 0 unspecified atom stereocenters. The van der Waals surface area contributed by atoms with E-state index in [1.807, 2.05) is 0 Å². The Kier molecular flexibility index (Phi) is 7.58. The van der Waals surface area contributed by atoms with Gasteiger partial charge in [-0.05, 0) is 37.6 Å². The highest BCUT2D eigenvalue weighted by Gasteiger charge is 2.26. The number of hydrogen-bond acceptors (Lipinski definition) is 6. The van der Waals surface area contributed by atoms with Gasteiger partial charge in [0, 0.05) is 12.5 Å². The van der Waals surface area contributed by atoms with E-state index < -0.39 is 35.8 Å². The second kappa shape index (κ2) is 9.41. The summed E-state index contributed by atoms with van der Waals surface area (Å²) >= 11 is 0. The van der Waals surface area contributed by atoms with Gasteiger partial charge in [0.25, 0.3) is 5.91 Å². The second-order valence-electron chi connectivity index (χ2n) is 5.37. The topological polar surface area (TPSA) is 119 Å². The summed E-state index contributed by atoms with van der Waals surface area (Å²) in [5.74, 6) is -3.27. The fourth-order valence-corrected chi connectivity index (χ4v) is 2.04. The molecule has 0 heterocycles. The van der Waals surface area contributed by atoms with Gasteiger partial charge in [-0.2, -0.15) is 0 Å². The maximum atomic E-state index is 12.2. The zero-order chi connectivity index (χ0) is 19.0. The highest BCUT2D eigenvalue weighted by molar-refractivity contribution is 5.96. The van der Waals surface area contributed by atoms with E-state index in [2.05, 4.69) is 5.32 Å². The van der Waals surface area contributed by atoms with Gasteiger partial charge in [0.15, 0.2) is 0 Å². The van der Waals surface area contributed by atoms with E-state index >= 15 is 0 Å². The normalized spacial score (nSPS) is 12.6. The Hall–Kier alpha value is -2.90. The van der Waals surface area contributed by atoms with Crippen LogP contribution < -0.4 is 10.1 Å². The predicted octanol–water partition coefficient (Wildman–Crippen LogP) is 1.38. The maximum Gasteiger partial charge on any atom is 0.326 e. The van der Waals surface area contributed by atoms with Crippen molar-refractivity contribution in [2.45, 2.75) is 33.2 Å². The summed E-state index contributed by atoms with van der Waals surface area (Å²) in [4.78, 5) is 46.0. The van der Waals surface area contributed by atoms with E-state index in [0.29, 0.717) is 0 Å². The molecule has 8 nitrogen and oxygen atoms in total. The number of hydrogen-bond donors (Lipinski definition) is 2. The van der Waals surface area contributed by atoms with E-state index in [9.17, 15) is 24.3 Å². The molecule has 2 atom stereocenters. The quantitative estimate of drug-likeness (QED) is 0.536. The molecule has 0 aliphatic rings. The number of carbonyl (C=O) groups excluding carboxylic acids is 3. The van der Waals surface area contributed by atoms with Gasteiger partial charge in [-0.15, -0.1) is 0 Å². The van der Waals surface area contributed by atoms with E-state index in [1.165, 1.54) is 38.1 Å². The third-order valence-corrected chi connectivity index (χ3v) is 3.26. The average molecular weight is 351 g/mol. The van der Waals surface area contributed by atoms with Crippen molar-refractivity contribution >= 4 is 23.8 Å². The van der Waals surface area contributed by atoms with Gasteiger partial charge < -0.3 is 19.9 Å². The van der Waals surface area contributed by atoms with E-state index in [0.717, 1.165) is 0 Å². The van der Waals surface area contributed by atoms with Gasteiger partial charge in [0.05, 0.1) is 12.5 Å². The molecule has 0 bridgehead atoms. The molecule has 0 aliphatic carbocycles. The Morgan fingerprint density at radius 1 is 1.16 bits per heavy atom. The molecule has 136 valence electrons. The minimum atomic E-state index is -1.25. The number of ether oxygens (including phenoxy) is 2. The lowest BCUT2D eigenvalue weighted by molar-refractivity contribution is -0.148. The molecule has 1 aromatic carbocycles. The van der Waals surface area contributed by atoms with Crippen LogP contribution in [0.5, 0.6) is 5.75 Å². The lowest BCUT2D eigenvalue weighted by Gasteiger charge is -2.18. The molecule has 1 aromatic rings. The van der Waals surface area contributed by atoms with Crippen LogP contribution in [0.3, 0.4) is 0 Å². The van der Waals surface area contributed by atoms with Crippen molar-refractivity contribution in [2.75, 3.05) is 6.61 Å². The summed E-state index contributed by atoms with van der Waals surface area (Å²) in [5, 5.41) is 11.6. The molecule has 1 rings (SSSR count). The Morgan fingerprint density at radius 2 is 1.76 bits per heavy atom. The van der Waals surface area contributed by atoms with Gasteiger partial charge in [0.1, 0.15) is 11.8 Å². The van der Waals surface area contributed by atoms with E-state index in [1.54, 1.807) is 6.92 Å². The fourth-order valence-electron chi connectivity index (χ4n) is 2.04. The van der Waals surface area contributed by atoms with Crippen molar-refractivity contribution in [1.29, 1.82) is 0 Å². The molecule has 0 aliphatic heterocycles. The monoisotopic (exact) mass is 351 g/mol. The minimum absolute atomic E-state index is 0.0918. The maximum absolute atomic E-state index is 12.2. The molecule has 0 aromatic heterocycles. The number of nitrogens with one attached hydrogen (secondary N) is 1. The third kappa shape index (κ3) is 6.62. The van der Waals surface area contributed by atoms with Crippen molar-refractivity contribution < 1.29 is 33.8 Å². The molecule has 0 fully saturated rings. The molecular formula is C17H21NO7. The number of carboxylic acid groups (broad SMARTS) is 1. The Bertz CT molecular complexity index is 639. The fraction of sp³-hybridized carbons (Fsp3) is 0.412. The van der Waals surface area contributed by atoms with Crippen LogP contribution in [0.15, 0.2) is 24.3 Å². The highest BCUT2D eigenvalue weighted by atomic mass is 16.5. The predicted molar refractivity (Wildman–Crippen MR) is 87.1 cm³/mol. The molecule has 0 saturated heterocycles. The molecule has 2 N–H and O–H groups in total. The molecule has 0 spiro atoms. The van der Waals surface area contributed by atoms with Crippen molar-refractivity contribution in [3.8, 4) is 5.75 Å². The van der Waals surface area contributed by atoms with Gasteiger partial charge in [-0.1, -0.05) is 6.92 Å². The summed E-state index contributed by atoms with van der Waals surface area (Å²) in [6, 6.07) is 4.42. The highest BCUT2D eigenvalue weighted by Crippen LogP contribution is 2.14. The van der Waals surface area contributed by atoms with Crippen LogP contribution in [0.2, 0.25) is 0 Å². The molecule has 25 heavy (non-hydrogen) atoms. The minimum Gasteiger partial charge on any atom is -0.480 e. The summed E-state index contributed by atoms with van der Waals surface area (Å²) in [7, 11) is 0. The van der Waals surface area contributed by atoms with Gasteiger partial charge >= 0.3 is 17.9 Å². The lowest BCUT2D eigenvalue weighted by atomic mass is 10.0. The molecule has 1 amide bonds. The van der Waals surface area contributed by atoms with Gasteiger partial charge in [0.2, 0.25) is 0 Å². The smallest absolute Gasteiger partial charge is 0.326 e. The summed E-state index contributed by atoms with van der Waals surface area (Å²) in [6.07, 6.45) is -0.0918. The number of amides is 1. The van der Waals surface area contributed by atoms with Gasteiger partial charge in [-0.3, -0.25) is 14.4 Å². The van der Waals surface area contributed by atoms with E-state index in [-0.39, 0.29) is 24.3 Å². The largest absolute Gasteiger partial charge is 0.480 e. The Morgan fingerprint density at radius 3 is 2.24 bits per heavy atom. The third-order valence-electron chi connectivity index (χ3n) is 3.26. The Balaban J connectivity index is 2.74. The van der Waals surface area contributed by atoms with Crippen LogP contribution in [-0.4, -0.2) is 41.6 Å². The van der Waals surface area contributed by atoms with Crippen molar-refractivity contribution in [1.82, 2.24) is 5.32 Å². The zero-order valence-corrected chi connectivity index (χ0v) is 14.3. The Labute approximate surface area is 145 Å².